The molecular formula is C34H22BrN3. The number of hydrogen-bond donors (Lipinski definition) is 0. The fourth-order valence-corrected chi connectivity index (χ4v) is 5.46. The Hall–Kier alpha value is -4.54. The van der Waals surface area contributed by atoms with Crippen LogP contribution in [0.4, 0.5) is 0 Å². The molecule has 0 saturated carbocycles. The molecule has 0 atom stereocenters. The minimum atomic E-state index is 0.932. The van der Waals surface area contributed by atoms with Crippen LogP contribution in [0.5, 0.6) is 0 Å². The van der Waals surface area contributed by atoms with Gasteiger partial charge in [0.1, 0.15) is 5.65 Å². The molecule has 0 aliphatic carbocycles. The molecule has 0 aliphatic heterocycles. The summed E-state index contributed by atoms with van der Waals surface area (Å²) in [4.78, 5) is 9.89. The highest BCUT2D eigenvalue weighted by Gasteiger charge is 2.15. The van der Waals surface area contributed by atoms with Gasteiger partial charge in [-0.2, -0.15) is 0 Å². The zero-order valence-electron chi connectivity index (χ0n) is 20.4. The quantitative estimate of drug-likeness (QED) is 0.218. The zero-order chi connectivity index (χ0) is 25.5. The normalized spacial score (nSPS) is 11.3. The molecule has 4 heteroatoms. The molecule has 0 unspecified atom stereocenters. The summed E-state index contributed by atoms with van der Waals surface area (Å²) in [7, 11) is 0. The molecule has 4 aromatic carbocycles. The number of halogens is 1. The molecule has 7 rings (SSSR count). The van der Waals surface area contributed by atoms with Crippen molar-refractivity contribution in [3.05, 3.63) is 138 Å². The first-order valence-corrected chi connectivity index (χ1v) is 13.3. The predicted molar refractivity (Wildman–Crippen MR) is 160 cm³/mol. The van der Waals surface area contributed by atoms with Crippen LogP contribution >= 0.6 is 15.9 Å². The number of fused-ring (bicyclic) bond motifs is 3. The van der Waals surface area contributed by atoms with Gasteiger partial charge in [-0.05, 0) is 59.7 Å². The van der Waals surface area contributed by atoms with Crippen LogP contribution in [0.2, 0.25) is 0 Å². The predicted octanol–water partition coefficient (Wildman–Crippen LogP) is 9.34. The topological polar surface area (TPSA) is 30.7 Å². The average molecular weight is 552 g/mol. The second-order valence-corrected chi connectivity index (χ2v) is 10.2. The van der Waals surface area contributed by atoms with E-state index in [1.807, 2.05) is 24.4 Å². The van der Waals surface area contributed by atoms with Crippen molar-refractivity contribution in [1.82, 2.24) is 14.5 Å². The standard InChI is InChI=1S/C34H22BrN3/c35-27-16-17-29-30-15-8-18-36-34(30)38(33(29)22-27)28-14-7-13-25(19-28)32-21-26(23-9-3-1-4-10-23)20-31(37-32)24-11-5-2-6-12-24/h1-22H. The Morgan fingerprint density at radius 3 is 2.03 bits per heavy atom. The minimum Gasteiger partial charge on any atom is -0.294 e. The van der Waals surface area contributed by atoms with Crippen LogP contribution in [0, 0.1) is 0 Å². The van der Waals surface area contributed by atoms with Crippen LogP contribution in [0.3, 0.4) is 0 Å². The monoisotopic (exact) mass is 551 g/mol. The van der Waals surface area contributed by atoms with E-state index in [9.17, 15) is 0 Å². The Balaban J connectivity index is 1.44. The number of pyridine rings is 2. The Morgan fingerprint density at radius 1 is 0.526 bits per heavy atom. The van der Waals surface area contributed by atoms with Gasteiger partial charge in [0, 0.05) is 38.3 Å². The van der Waals surface area contributed by atoms with Gasteiger partial charge in [0.05, 0.1) is 16.9 Å². The van der Waals surface area contributed by atoms with E-state index in [-0.39, 0.29) is 0 Å². The molecule has 0 amide bonds. The minimum absolute atomic E-state index is 0.932. The number of aromatic nitrogens is 3. The largest absolute Gasteiger partial charge is 0.294 e. The molecule has 0 fully saturated rings. The van der Waals surface area contributed by atoms with Crippen molar-refractivity contribution in [2.24, 2.45) is 0 Å². The molecule has 0 bridgehead atoms. The van der Waals surface area contributed by atoms with Crippen LogP contribution in [0.25, 0.3) is 61.3 Å². The van der Waals surface area contributed by atoms with Gasteiger partial charge in [0.15, 0.2) is 0 Å². The summed E-state index contributed by atoms with van der Waals surface area (Å²) in [6.45, 7) is 0. The van der Waals surface area contributed by atoms with E-state index >= 15 is 0 Å². The molecule has 3 nitrogen and oxygen atoms in total. The van der Waals surface area contributed by atoms with Crippen molar-refractivity contribution in [3.63, 3.8) is 0 Å². The van der Waals surface area contributed by atoms with E-state index in [1.54, 1.807) is 0 Å². The van der Waals surface area contributed by atoms with E-state index < -0.39 is 0 Å². The lowest BCUT2D eigenvalue weighted by Gasteiger charge is -2.12. The Kier molecular flexibility index (Phi) is 5.60. The fraction of sp³-hybridized carbons (Fsp3) is 0. The average Bonchev–Trinajstić information content (AvgIpc) is 3.31. The Labute approximate surface area is 229 Å². The Bertz CT molecular complexity index is 1870. The van der Waals surface area contributed by atoms with Gasteiger partial charge in [-0.25, -0.2) is 9.97 Å². The summed E-state index contributed by atoms with van der Waals surface area (Å²) in [6.07, 6.45) is 1.85. The highest BCUT2D eigenvalue weighted by atomic mass is 79.9. The van der Waals surface area contributed by atoms with Gasteiger partial charge >= 0.3 is 0 Å². The van der Waals surface area contributed by atoms with E-state index in [2.05, 4.69) is 130 Å². The first-order chi connectivity index (χ1) is 18.7. The zero-order valence-corrected chi connectivity index (χ0v) is 22.0. The summed E-state index contributed by atoms with van der Waals surface area (Å²) in [5.74, 6) is 0. The summed E-state index contributed by atoms with van der Waals surface area (Å²) in [5, 5.41) is 2.31. The van der Waals surface area contributed by atoms with Crippen LogP contribution in [0.1, 0.15) is 0 Å². The summed E-state index contributed by atoms with van der Waals surface area (Å²) in [6, 6.07) is 44.3. The maximum Gasteiger partial charge on any atom is 0.145 e. The molecule has 3 heterocycles. The third-order valence-electron chi connectivity index (χ3n) is 6.89. The van der Waals surface area contributed by atoms with Crippen molar-refractivity contribution in [1.29, 1.82) is 0 Å². The lowest BCUT2D eigenvalue weighted by molar-refractivity contribution is 1.13. The second kappa shape index (κ2) is 9.40. The first kappa shape index (κ1) is 22.6. The molecule has 0 spiro atoms. The smallest absolute Gasteiger partial charge is 0.145 e. The van der Waals surface area contributed by atoms with Gasteiger partial charge < -0.3 is 0 Å². The SMILES string of the molecule is Brc1ccc2c3cccnc3n(-c3cccc(-c4cc(-c5ccccc5)cc(-c5ccccc5)n4)c3)c2c1. The number of benzene rings is 4. The van der Waals surface area contributed by atoms with Crippen LogP contribution in [-0.2, 0) is 0 Å². The molecule has 3 aromatic heterocycles. The first-order valence-electron chi connectivity index (χ1n) is 12.5. The number of rotatable bonds is 4. The fourth-order valence-electron chi connectivity index (χ4n) is 5.12. The summed E-state index contributed by atoms with van der Waals surface area (Å²) in [5.41, 5.74) is 9.44. The molecule has 0 saturated heterocycles. The van der Waals surface area contributed by atoms with E-state index in [0.717, 1.165) is 54.8 Å². The van der Waals surface area contributed by atoms with Crippen molar-refractivity contribution in [3.8, 4) is 39.3 Å². The van der Waals surface area contributed by atoms with Gasteiger partial charge in [0.2, 0.25) is 0 Å². The van der Waals surface area contributed by atoms with Gasteiger partial charge in [-0.15, -0.1) is 0 Å². The van der Waals surface area contributed by atoms with Gasteiger partial charge in [0.25, 0.3) is 0 Å². The third-order valence-corrected chi connectivity index (χ3v) is 7.38. The molecule has 0 N–H and O–H groups in total. The molecule has 38 heavy (non-hydrogen) atoms. The molecule has 0 radical (unpaired) electrons. The summed E-state index contributed by atoms with van der Waals surface area (Å²) < 4.78 is 3.27. The van der Waals surface area contributed by atoms with Crippen LogP contribution < -0.4 is 0 Å². The van der Waals surface area contributed by atoms with Crippen LogP contribution in [-0.4, -0.2) is 14.5 Å². The Morgan fingerprint density at radius 2 is 1.24 bits per heavy atom. The van der Waals surface area contributed by atoms with Gasteiger partial charge in [-0.1, -0.05) is 94.8 Å². The van der Waals surface area contributed by atoms with E-state index in [0.29, 0.717) is 0 Å². The lowest BCUT2D eigenvalue weighted by atomic mass is 10.00. The highest BCUT2D eigenvalue weighted by molar-refractivity contribution is 9.10. The van der Waals surface area contributed by atoms with Crippen molar-refractivity contribution >= 4 is 37.9 Å². The van der Waals surface area contributed by atoms with Crippen molar-refractivity contribution < 1.29 is 0 Å². The second-order valence-electron chi connectivity index (χ2n) is 9.28. The van der Waals surface area contributed by atoms with E-state index in [1.165, 1.54) is 10.9 Å². The van der Waals surface area contributed by atoms with Crippen molar-refractivity contribution in [2.45, 2.75) is 0 Å². The number of nitrogens with zero attached hydrogens (tertiary/aromatic N) is 3. The van der Waals surface area contributed by atoms with Crippen molar-refractivity contribution in [2.75, 3.05) is 0 Å². The third kappa shape index (κ3) is 4.00. The molecular weight excluding hydrogens is 530 g/mol. The number of hydrogen-bond acceptors (Lipinski definition) is 2. The van der Waals surface area contributed by atoms with E-state index in [4.69, 9.17) is 9.97 Å². The van der Waals surface area contributed by atoms with Gasteiger partial charge in [-0.3, -0.25) is 4.57 Å². The molecule has 7 aromatic rings. The highest BCUT2D eigenvalue weighted by Crippen LogP contribution is 2.35. The molecule has 0 aliphatic rings. The maximum atomic E-state index is 5.13. The lowest BCUT2D eigenvalue weighted by Crippen LogP contribution is -1.97. The summed E-state index contributed by atoms with van der Waals surface area (Å²) >= 11 is 3.66. The van der Waals surface area contributed by atoms with Crippen LogP contribution in [0.15, 0.2) is 138 Å². The molecule has 180 valence electrons. The maximum absolute atomic E-state index is 5.13.